The van der Waals surface area contributed by atoms with Crippen LogP contribution in [0.5, 0.6) is 0 Å². The molecule has 0 spiro atoms. The predicted octanol–water partition coefficient (Wildman–Crippen LogP) is -0.208. The van der Waals surface area contributed by atoms with Crippen molar-refractivity contribution in [2.75, 3.05) is 26.2 Å². The van der Waals surface area contributed by atoms with Gasteiger partial charge in [0, 0.05) is 25.7 Å². The summed E-state index contributed by atoms with van der Waals surface area (Å²) in [7, 11) is 0. The fraction of sp³-hybridized carbons (Fsp3) is 0.900. The summed E-state index contributed by atoms with van der Waals surface area (Å²) in [5, 5.41) is 2.82. The average molecular weight is 199 g/mol. The molecule has 1 rings (SSSR count). The van der Waals surface area contributed by atoms with Gasteiger partial charge in [0.05, 0.1) is 6.54 Å². The lowest BCUT2D eigenvalue weighted by Crippen LogP contribution is -2.57. The first kappa shape index (κ1) is 11.5. The monoisotopic (exact) mass is 199 g/mol. The number of nitrogens with zero attached hydrogens (tertiary/aromatic N) is 1. The molecule has 1 aliphatic rings. The lowest BCUT2D eigenvalue weighted by Gasteiger charge is -2.41. The Morgan fingerprint density at radius 2 is 2.21 bits per heavy atom. The lowest BCUT2D eigenvalue weighted by atomic mass is 9.85. The molecule has 0 saturated carbocycles. The van der Waals surface area contributed by atoms with Crippen molar-refractivity contribution < 1.29 is 4.79 Å². The number of piperazine rings is 1. The van der Waals surface area contributed by atoms with Crippen LogP contribution in [0.1, 0.15) is 20.8 Å². The van der Waals surface area contributed by atoms with E-state index in [9.17, 15) is 4.79 Å². The molecule has 1 amide bonds. The van der Waals surface area contributed by atoms with E-state index in [0.717, 1.165) is 13.1 Å². The van der Waals surface area contributed by atoms with Crippen LogP contribution >= 0.6 is 0 Å². The molecule has 1 saturated heterocycles. The Labute approximate surface area is 85.8 Å². The molecule has 1 heterocycles. The van der Waals surface area contributed by atoms with E-state index in [0.29, 0.717) is 13.1 Å². The molecule has 3 N–H and O–H groups in total. The van der Waals surface area contributed by atoms with Crippen molar-refractivity contribution in [3.05, 3.63) is 0 Å². The van der Waals surface area contributed by atoms with Crippen molar-refractivity contribution in [1.82, 2.24) is 10.2 Å². The minimum absolute atomic E-state index is 0.110. The first-order valence-electron chi connectivity index (χ1n) is 5.16. The van der Waals surface area contributed by atoms with Crippen LogP contribution in [0, 0.1) is 5.41 Å². The smallest absolute Gasteiger partial charge is 0.234 e. The Morgan fingerprint density at radius 3 is 2.64 bits per heavy atom. The fourth-order valence-corrected chi connectivity index (χ4v) is 1.97. The van der Waals surface area contributed by atoms with Gasteiger partial charge in [-0.3, -0.25) is 9.69 Å². The number of carbonyl (C=O) groups excluding carboxylic acids is 1. The molecule has 82 valence electrons. The zero-order valence-electron chi connectivity index (χ0n) is 9.34. The summed E-state index contributed by atoms with van der Waals surface area (Å²) < 4.78 is 0. The SMILES string of the molecule is CC(C)(C)C(CN)N1CCNC(=O)C1. The summed E-state index contributed by atoms with van der Waals surface area (Å²) in [5.41, 5.74) is 5.89. The second kappa shape index (κ2) is 4.28. The molecule has 0 aromatic rings. The van der Waals surface area contributed by atoms with Crippen molar-refractivity contribution in [1.29, 1.82) is 0 Å². The van der Waals surface area contributed by atoms with E-state index in [1.165, 1.54) is 0 Å². The molecule has 0 bridgehead atoms. The Hall–Kier alpha value is -0.610. The van der Waals surface area contributed by atoms with E-state index in [1.54, 1.807) is 0 Å². The number of hydrogen-bond acceptors (Lipinski definition) is 3. The van der Waals surface area contributed by atoms with Crippen LogP contribution < -0.4 is 11.1 Å². The average Bonchev–Trinajstić information content (AvgIpc) is 2.02. The fourth-order valence-electron chi connectivity index (χ4n) is 1.97. The molecular weight excluding hydrogens is 178 g/mol. The molecule has 4 heteroatoms. The topological polar surface area (TPSA) is 58.4 Å². The van der Waals surface area contributed by atoms with Crippen LogP contribution in [0.2, 0.25) is 0 Å². The highest BCUT2D eigenvalue weighted by Crippen LogP contribution is 2.23. The van der Waals surface area contributed by atoms with Gasteiger partial charge in [-0.15, -0.1) is 0 Å². The van der Waals surface area contributed by atoms with Crippen LogP contribution in [-0.4, -0.2) is 43.0 Å². The number of carbonyl (C=O) groups is 1. The third-order valence-corrected chi connectivity index (χ3v) is 2.73. The first-order chi connectivity index (χ1) is 6.45. The van der Waals surface area contributed by atoms with Gasteiger partial charge in [0.25, 0.3) is 0 Å². The minimum Gasteiger partial charge on any atom is -0.354 e. The molecule has 1 atom stereocenters. The van der Waals surface area contributed by atoms with Gasteiger partial charge in [-0.25, -0.2) is 0 Å². The second-order valence-corrected chi connectivity index (χ2v) is 4.94. The van der Waals surface area contributed by atoms with Crippen LogP contribution in [0.25, 0.3) is 0 Å². The van der Waals surface area contributed by atoms with Crippen LogP contribution in [0.4, 0.5) is 0 Å². The molecule has 0 aromatic carbocycles. The molecule has 4 nitrogen and oxygen atoms in total. The van der Waals surface area contributed by atoms with Crippen molar-refractivity contribution in [3.63, 3.8) is 0 Å². The Kier molecular flexibility index (Phi) is 3.50. The second-order valence-electron chi connectivity index (χ2n) is 4.94. The van der Waals surface area contributed by atoms with Crippen molar-refractivity contribution in [2.45, 2.75) is 26.8 Å². The Morgan fingerprint density at radius 1 is 1.57 bits per heavy atom. The van der Waals surface area contributed by atoms with Crippen molar-refractivity contribution in [2.24, 2.45) is 11.1 Å². The summed E-state index contributed by atoms with van der Waals surface area (Å²) >= 11 is 0. The van der Waals surface area contributed by atoms with Crippen LogP contribution in [-0.2, 0) is 4.79 Å². The van der Waals surface area contributed by atoms with Gasteiger partial charge in [-0.1, -0.05) is 20.8 Å². The number of nitrogens with one attached hydrogen (secondary N) is 1. The molecule has 0 radical (unpaired) electrons. The van der Waals surface area contributed by atoms with E-state index < -0.39 is 0 Å². The van der Waals surface area contributed by atoms with Gasteiger partial charge in [0.1, 0.15) is 0 Å². The van der Waals surface area contributed by atoms with E-state index in [1.807, 2.05) is 0 Å². The van der Waals surface area contributed by atoms with Crippen LogP contribution in [0.15, 0.2) is 0 Å². The molecule has 1 unspecified atom stereocenters. The Bertz CT molecular complexity index is 210. The van der Waals surface area contributed by atoms with Gasteiger partial charge in [-0.05, 0) is 5.41 Å². The summed E-state index contributed by atoms with van der Waals surface area (Å²) in [4.78, 5) is 13.4. The van der Waals surface area contributed by atoms with E-state index in [-0.39, 0.29) is 17.4 Å². The standard InChI is InChI=1S/C10H21N3O/c1-10(2,3)8(6-11)13-5-4-12-9(14)7-13/h8H,4-7,11H2,1-3H3,(H,12,14). The summed E-state index contributed by atoms with van der Waals surface area (Å²) in [6, 6.07) is 0.286. The molecule has 14 heavy (non-hydrogen) atoms. The third-order valence-electron chi connectivity index (χ3n) is 2.73. The van der Waals surface area contributed by atoms with E-state index in [2.05, 4.69) is 31.0 Å². The van der Waals surface area contributed by atoms with Gasteiger partial charge < -0.3 is 11.1 Å². The maximum atomic E-state index is 11.2. The Balaban J connectivity index is 2.64. The molecule has 0 aliphatic carbocycles. The third kappa shape index (κ3) is 2.69. The number of amides is 1. The largest absolute Gasteiger partial charge is 0.354 e. The molecular formula is C10H21N3O. The number of nitrogens with two attached hydrogens (primary N) is 1. The van der Waals surface area contributed by atoms with Gasteiger partial charge in [0.15, 0.2) is 0 Å². The predicted molar refractivity (Wildman–Crippen MR) is 56.9 cm³/mol. The first-order valence-corrected chi connectivity index (χ1v) is 5.16. The zero-order valence-corrected chi connectivity index (χ0v) is 9.34. The quantitative estimate of drug-likeness (QED) is 0.647. The molecule has 1 fully saturated rings. The van der Waals surface area contributed by atoms with Gasteiger partial charge in [0.2, 0.25) is 5.91 Å². The van der Waals surface area contributed by atoms with Crippen molar-refractivity contribution in [3.8, 4) is 0 Å². The summed E-state index contributed by atoms with van der Waals surface area (Å²) in [6.07, 6.45) is 0. The maximum absolute atomic E-state index is 11.2. The van der Waals surface area contributed by atoms with Gasteiger partial charge >= 0.3 is 0 Å². The normalized spacial score (nSPS) is 21.9. The number of rotatable bonds is 2. The highest BCUT2D eigenvalue weighted by molar-refractivity contribution is 5.78. The maximum Gasteiger partial charge on any atom is 0.234 e. The highest BCUT2D eigenvalue weighted by atomic mass is 16.2. The van der Waals surface area contributed by atoms with Gasteiger partial charge in [-0.2, -0.15) is 0 Å². The zero-order chi connectivity index (χ0) is 10.8. The van der Waals surface area contributed by atoms with E-state index in [4.69, 9.17) is 5.73 Å². The lowest BCUT2D eigenvalue weighted by molar-refractivity contribution is -0.125. The molecule has 0 aromatic heterocycles. The summed E-state index contributed by atoms with van der Waals surface area (Å²) in [6.45, 7) is 9.23. The minimum atomic E-state index is 0.110. The number of hydrogen-bond donors (Lipinski definition) is 2. The highest BCUT2D eigenvalue weighted by Gasteiger charge is 2.31. The summed E-state index contributed by atoms with van der Waals surface area (Å²) in [5.74, 6) is 0.110. The molecule has 1 aliphatic heterocycles. The van der Waals surface area contributed by atoms with Crippen LogP contribution in [0.3, 0.4) is 0 Å². The van der Waals surface area contributed by atoms with E-state index >= 15 is 0 Å². The van der Waals surface area contributed by atoms with Crippen molar-refractivity contribution >= 4 is 5.91 Å².